The summed E-state index contributed by atoms with van der Waals surface area (Å²) in [6.07, 6.45) is 5.89. The molecule has 3 fully saturated rings. The fourth-order valence-electron chi connectivity index (χ4n) is 3.80. The van der Waals surface area contributed by atoms with Crippen molar-refractivity contribution in [2.24, 2.45) is 5.92 Å². The van der Waals surface area contributed by atoms with Gasteiger partial charge in [0.25, 0.3) is 0 Å². The molecule has 4 nitrogen and oxygen atoms in total. The van der Waals surface area contributed by atoms with Crippen molar-refractivity contribution in [3.05, 3.63) is 66.2 Å². The summed E-state index contributed by atoms with van der Waals surface area (Å²) in [5.74, 6) is 2.23. The van der Waals surface area contributed by atoms with E-state index in [0.29, 0.717) is 12.0 Å². The minimum atomic E-state index is -0.00615. The van der Waals surface area contributed by atoms with Gasteiger partial charge in [-0.15, -0.1) is 0 Å². The van der Waals surface area contributed by atoms with Crippen LogP contribution in [0.1, 0.15) is 18.4 Å². The summed E-state index contributed by atoms with van der Waals surface area (Å²) in [5.41, 5.74) is 0.981. The van der Waals surface area contributed by atoms with Crippen LogP contribution in [0.4, 0.5) is 0 Å². The molecule has 2 aromatic carbocycles. The third-order valence-electron chi connectivity index (χ3n) is 5.27. The van der Waals surface area contributed by atoms with Gasteiger partial charge >= 0.3 is 0 Å². The molecule has 4 heteroatoms. The van der Waals surface area contributed by atoms with Crippen LogP contribution in [-0.4, -0.2) is 36.5 Å². The van der Waals surface area contributed by atoms with Crippen LogP contribution in [0, 0.1) is 5.92 Å². The molecule has 0 spiro atoms. The Hall–Kier alpha value is -2.59. The number of hydrogen-bond donors (Lipinski definition) is 1. The average Bonchev–Trinajstić information content (AvgIpc) is 2.69. The summed E-state index contributed by atoms with van der Waals surface area (Å²) < 4.78 is 5.78. The van der Waals surface area contributed by atoms with Gasteiger partial charge in [0.05, 0.1) is 0 Å². The Kier molecular flexibility index (Phi) is 5.02. The van der Waals surface area contributed by atoms with Gasteiger partial charge in [-0.3, -0.25) is 4.79 Å². The topological polar surface area (TPSA) is 41.6 Å². The second-order valence-electron chi connectivity index (χ2n) is 7.07. The van der Waals surface area contributed by atoms with E-state index in [-0.39, 0.29) is 5.91 Å². The molecule has 2 aromatic rings. The first-order valence-electron chi connectivity index (χ1n) is 9.30. The summed E-state index contributed by atoms with van der Waals surface area (Å²) in [6, 6.07) is 17.7. The van der Waals surface area contributed by atoms with Crippen molar-refractivity contribution in [3.63, 3.8) is 0 Å². The van der Waals surface area contributed by atoms with Crippen molar-refractivity contribution in [1.29, 1.82) is 0 Å². The maximum Gasteiger partial charge on any atom is 0.244 e. The molecule has 0 saturated carbocycles. The second kappa shape index (κ2) is 7.75. The Balaban J connectivity index is 1.31. The maximum atomic E-state index is 12.2. The summed E-state index contributed by atoms with van der Waals surface area (Å²) in [4.78, 5) is 14.7. The molecule has 2 bridgehead atoms. The average molecular weight is 348 g/mol. The van der Waals surface area contributed by atoms with Crippen molar-refractivity contribution in [3.8, 4) is 11.5 Å². The van der Waals surface area contributed by atoms with Crippen LogP contribution in [0.3, 0.4) is 0 Å². The molecule has 0 radical (unpaired) electrons. The zero-order chi connectivity index (χ0) is 17.8. The first-order chi connectivity index (χ1) is 12.8. The SMILES string of the molecule is O=C(C=Cc1ccc(Oc2ccccc2)cc1)NC1CN2CCC1CC2. The first-order valence-corrected chi connectivity index (χ1v) is 9.30. The molecular weight excluding hydrogens is 324 g/mol. The van der Waals surface area contributed by atoms with Gasteiger partial charge in [-0.05, 0) is 67.8 Å². The lowest BCUT2D eigenvalue weighted by Gasteiger charge is -2.44. The van der Waals surface area contributed by atoms with E-state index in [1.165, 1.54) is 25.9 Å². The third-order valence-corrected chi connectivity index (χ3v) is 5.27. The van der Waals surface area contributed by atoms with E-state index in [1.807, 2.05) is 60.7 Å². The number of ether oxygens (including phenoxy) is 1. The molecule has 0 aromatic heterocycles. The number of benzene rings is 2. The minimum Gasteiger partial charge on any atom is -0.457 e. The number of para-hydroxylation sites is 1. The second-order valence-corrected chi connectivity index (χ2v) is 7.07. The van der Waals surface area contributed by atoms with Crippen molar-refractivity contribution in [2.45, 2.75) is 18.9 Å². The molecule has 3 aliphatic heterocycles. The van der Waals surface area contributed by atoms with Gasteiger partial charge in [-0.25, -0.2) is 0 Å². The van der Waals surface area contributed by atoms with Gasteiger partial charge in [0.15, 0.2) is 0 Å². The summed E-state index contributed by atoms with van der Waals surface area (Å²) in [5, 5.41) is 3.17. The number of amides is 1. The molecule has 26 heavy (non-hydrogen) atoms. The predicted molar refractivity (Wildman–Crippen MR) is 103 cm³/mol. The van der Waals surface area contributed by atoms with E-state index in [9.17, 15) is 4.79 Å². The molecule has 3 aliphatic rings. The van der Waals surface area contributed by atoms with Crippen molar-refractivity contribution in [1.82, 2.24) is 10.2 Å². The van der Waals surface area contributed by atoms with Crippen LogP contribution in [0.5, 0.6) is 11.5 Å². The molecule has 1 atom stereocenters. The van der Waals surface area contributed by atoms with Gasteiger partial charge in [-0.1, -0.05) is 30.3 Å². The smallest absolute Gasteiger partial charge is 0.244 e. The Labute approximate surface area is 154 Å². The highest BCUT2D eigenvalue weighted by Gasteiger charge is 2.34. The van der Waals surface area contributed by atoms with E-state index >= 15 is 0 Å². The quantitative estimate of drug-likeness (QED) is 0.838. The van der Waals surface area contributed by atoms with E-state index in [4.69, 9.17) is 4.74 Å². The standard InChI is InChI=1S/C22H24N2O2/c25-22(23-21-16-24-14-12-18(21)13-15-24)11-8-17-6-9-20(10-7-17)26-19-4-2-1-3-5-19/h1-11,18,21H,12-16H2,(H,23,25). The van der Waals surface area contributed by atoms with Crippen molar-refractivity contribution >= 4 is 12.0 Å². The number of carbonyl (C=O) groups is 1. The van der Waals surface area contributed by atoms with Crippen molar-refractivity contribution in [2.75, 3.05) is 19.6 Å². The van der Waals surface area contributed by atoms with Crippen LogP contribution in [-0.2, 0) is 4.79 Å². The highest BCUT2D eigenvalue weighted by atomic mass is 16.5. The Morgan fingerprint density at radius 2 is 1.69 bits per heavy atom. The lowest BCUT2D eigenvalue weighted by atomic mass is 9.84. The number of nitrogens with zero attached hydrogens (tertiary/aromatic N) is 1. The van der Waals surface area contributed by atoms with Crippen LogP contribution in [0.2, 0.25) is 0 Å². The molecule has 3 heterocycles. The monoisotopic (exact) mass is 348 g/mol. The molecule has 0 aliphatic carbocycles. The molecule has 1 unspecified atom stereocenters. The normalized spacial score (nSPS) is 24.5. The maximum absolute atomic E-state index is 12.2. The number of hydrogen-bond acceptors (Lipinski definition) is 3. The minimum absolute atomic E-state index is 0.00615. The molecular formula is C22H24N2O2. The lowest BCUT2D eigenvalue weighted by Crippen LogP contribution is -2.57. The highest BCUT2D eigenvalue weighted by Crippen LogP contribution is 2.27. The summed E-state index contributed by atoms with van der Waals surface area (Å²) in [6.45, 7) is 3.37. The van der Waals surface area contributed by atoms with Crippen LogP contribution < -0.4 is 10.1 Å². The predicted octanol–water partition coefficient (Wildman–Crippen LogP) is 3.70. The zero-order valence-electron chi connectivity index (χ0n) is 14.8. The number of carbonyl (C=O) groups excluding carboxylic acids is 1. The number of piperidine rings is 3. The van der Waals surface area contributed by atoms with Gasteiger partial charge < -0.3 is 15.0 Å². The van der Waals surface area contributed by atoms with Gasteiger partial charge in [0, 0.05) is 18.7 Å². The Morgan fingerprint density at radius 3 is 2.35 bits per heavy atom. The number of fused-ring (bicyclic) bond motifs is 3. The van der Waals surface area contributed by atoms with Crippen molar-refractivity contribution < 1.29 is 9.53 Å². The van der Waals surface area contributed by atoms with Crippen LogP contribution >= 0.6 is 0 Å². The molecule has 3 saturated heterocycles. The van der Waals surface area contributed by atoms with Crippen LogP contribution in [0.15, 0.2) is 60.7 Å². The molecule has 134 valence electrons. The molecule has 5 rings (SSSR count). The van der Waals surface area contributed by atoms with E-state index in [2.05, 4.69) is 10.2 Å². The highest BCUT2D eigenvalue weighted by molar-refractivity contribution is 5.92. The largest absolute Gasteiger partial charge is 0.457 e. The van der Waals surface area contributed by atoms with E-state index in [0.717, 1.165) is 23.6 Å². The first kappa shape index (κ1) is 16.9. The fourth-order valence-corrected chi connectivity index (χ4v) is 3.80. The van der Waals surface area contributed by atoms with Gasteiger partial charge in [0.2, 0.25) is 5.91 Å². The Morgan fingerprint density at radius 1 is 1.00 bits per heavy atom. The number of nitrogens with one attached hydrogen (secondary N) is 1. The third kappa shape index (κ3) is 4.14. The lowest BCUT2D eigenvalue weighted by molar-refractivity contribution is -0.118. The van der Waals surface area contributed by atoms with Crippen LogP contribution in [0.25, 0.3) is 6.08 Å². The summed E-state index contributed by atoms with van der Waals surface area (Å²) in [7, 11) is 0. The van der Waals surface area contributed by atoms with E-state index < -0.39 is 0 Å². The van der Waals surface area contributed by atoms with Gasteiger partial charge in [-0.2, -0.15) is 0 Å². The zero-order valence-corrected chi connectivity index (χ0v) is 14.8. The molecule has 1 amide bonds. The Bertz CT molecular complexity index is 762. The van der Waals surface area contributed by atoms with Gasteiger partial charge in [0.1, 0.15) is 11.5 Å². The fraction of sp³-hybridized carbons (Fsp3) is 0.318. The summed E-state index contributed by atoms with van der Waals surface area (Å²) >= 11 is 0. The number of rotatable bonds is 5. The van der Waals surface area contributed by atoms with E-state index in [1.54, 1.807) is 6.08 Å². The molecule has 1 N–H and O–H groups in total.